The van der Waals surface area contributed by atoms with Crippen molar-refractivity contribution < 1.29 is 59.0 Å². The van der Waals surface area contributed by atoms with Crippen molar-refractivity contribution in [3.05, 3.63) is 27.4 Å². The Bertz CT molecular complexity index is 1340. The van der Waals surface area contributed by atoms with Crippen molar-refractivity contribution in [3.63, 3.8) is 0 Å². The Morgan fingerprint density at radius 1 is 0.870 bits per heavy atom. The number of fused-ring (bicyclic) bond motifs is 1. The van der Waals surface area contributed by atoms with E-state index in [4.69, 9.17) is 0 Å². The van der Waals surface area contributed by atoms with Crippen LogP contribution in [0.25, 0.3) is 10.2 Å². The number of nitrogens with zero attached hydrogens (tertiary/aromatic N) is 1. The average Bonchev–Trinajstić information content (AvgIpc) is 3.36. The highest BCUT2D eigenvalue weighted by atomic mass is 32.1. The zero-order valence-corrected chi connectivity index (χ0v) is 25.1. The molecule has 1 aliphatic rings. The molecule has 46 heavy (non-hydrogen) atoms. The maximum atomic E-state index is 12.8. The number of H-pyrrole nitrogens is 1. The number of ketones is 2. The molecule has 260 valence electrons. The number of carbonyl (C=O) groups excluding carboxylic acids is 3. The summed E-state index contributed by atoms with van der Waals surface area (Å²) in [6.07, 6.45) is -10.5. The smallest absolute Gasteiger partial charge is 0.458 e. The molecule has 1 aliphatic carbocycles. The number of amides is 1. The Morgan fingerprint density at radius 3 is 2.02 bits per heavy atom. The summed E-state index contributed by atoms with van der Waals surface area (Å²) in [5.41, 5.74) is 1.43. The number of rotatable bonds is 13. The monoisotopic (exact) mass is 696 g/mol. The van der Waals surface area contributed by atoms with E-state index in [-0.39, 0.29) is 42.1 Å². The van der Waals surface area contributed by atoms with Crippen LogP contribution in [0.15, 0.2) is 16.9 Å². The second-order valence-corrected chi connectivity index (χ2v) is 11.3. The number of nitrogens with one attached hydrogen (secondary N) is 3. The number of hydrogen-bond donors (Lipinski definition) is 4. The van der Waals surface area contributed by atoms with E-state index in [1.165, 1.54) is 6.42 Å². The number of Topliss-reactive ketones (excluding diaryl/α,β-unsaturated/α-hetero) is 2. The molecule has 2 aromatic rings. The molecule has 1 amide bonds. The summed E-state index contributed by atoms with van der Waals surface area (Å²) >= 11 is 1.08. The lowest BCUT2D eigenvalue weighted by Gasteiger charge is -2.34. The molecule has 1 aromatic heterocycles. The number of alkyl halides is 9. The van der Waals surface area contributed by atoms with Crippen LogP contribution in [0.3, 0.4) is 0 Å². The maximum absolute atomic E-state index is 12.8. The molecule has 0 spiro atoms. The van der Waals surface area contributed by atoms with Gasteiger partial charge in [-0.05, 0) is 37.4 Å². The van der Waals surface area contributed by atoms with Gasteiger partial charge in [-0.25, -0.2) is 0 Å². The molecule has 0 radical (unpaired) electrons. The van der Waals surface area contributed by atoms with Gasteiger partial charge in [0, 0.05) is 38.6 Å². The largest absolute Gasteiger partial charge is 0.506 e. The average molecular weight is 697 g/mol. The minimum atomic E-state index is -5.77. The molecule has 0 aliphatic heterocycles. The standard InChI is InChI=1S/C23H33F3N4O3S.C4F6O2/c24-23(25,26)10-13-27-12-9-19(32)30(17-4-2-1-3-5-17)15-14-28-11-8-16-6-7-18(31)20-21(16)34-22(33)29-20;5-3(6,7)1(11)2(12)4(8,9)10/h6-7,17,27-28,31H,1-5,8-15H2,(H,29,33);. The third kappa shape index (κ3) is 12.9. The molecule has 0 atom stereocenters. The summed E-state index contributed by atoms with van der Waals surface area (Å²) in [5.74, 6) is -6.78. The maximum Gasteiger partial charge on any atom is 0.458 e. The first kappa shape index (κ1) is 39.0. The number of aromatic nitrogens is 1. The van der Waals surface area contributed by atoms with Crippen LogP contribution in [0.5, 0.6) is 5.75 Å². The van der Waals surface area contributed by atoms with Crippen LogP contribution in [-0.4, -0.2) is 89.8 Å². The van der Waals surface area contributed by atoms with Crippen molar-refractivity contribution in [1.29, 1.82) is 0 Å². The molecular weight excluding hydrogens is 663 g/mol. The Kier molecular flexibility index (Phi) is 14.5. The third-order valence-corrected chi connectivity index (χ3v) is 7.86. The van der Waals surface area contributed by atoms with Gasteiger partial charge >= 0.3 is 35.0 Å². The number of phenolic OH excluding ortho intramolecular Hbond substituents is 1. The number of benzene rings is 1. The predicted molar refractivity (Wildman–Crippen MR) is 150 cm³/mol. The van der Waals surface area contributed by atoms with Crippen LogP contribution < -0.4 is 15.5 Å². The topological polar surface area (TPSA) is 132 Å². The lowest BCUT2D eigenvalue weighted by molar-refractivity contribution is -0.193. The Hall–Kier alpha value is -3.19. The number of halogens is 9. The molecule has 1 heterocycles. The number of aromatic amines is 1. The van der Waals surface area contributed by atoms with Gasteiger partial charge in [0.15, 0.2) is 0 Å². The molecule has 4 N–H and O–H groups in total. The molecule has 1 fully saturated rings. The van der Waals surface area contributed by atoms with E-state index in [2.05, 4.69) is 15.6 Å². The zero-order chi connectivity index (χ0) is 34.7. The summed E-state index contributed by atoms with van der Waals surface area (Å²) in [5, 5.41) is 16.0. The van der Waals surface area contributed by atoms with Crippen molar-refractivity contribution in [2.45, 2.75) is 75.9 Å². The quantitative estimate of drug-likeness (QED) is 0.135. The first-order chi connectivity index (χ1) is 21.3. The van der Waals surface area contributed by atoms with Gasteiger partial charge in [-0.1, -0.05) is 36.7 Å². The van der Waals surface area contributed by atoms with Gasteiger partial charge in [0.05, 0.1) is 11.1 Å². The van der Waals surface area contributed by atoms with E-state index in [0.29, 0.717) is 31.6 Å². The SMILES string of the molecule is O=C(C(=O)C(F)(F)F)C(F)(F)F.O=C(CCNCCC(F)(F)F)N(CCNCCc1ccc(O)c2[nH]c(=O)sc12)C1CCCCC1. The molecule has 19 heteroatoms. The number of phenols is 1. The van der Waals surface area contributed by atoms with E-state index in [9.17, 15) is 63.8 Å². The van der Waals surface area contributed by atoms with E-state index < -0.39 is 36.5 Å². The van der Waals surface area contributed by atoms with Crippen LogP contribution in [0.2, 0.25) is 0 Å². The summed E-state index contributed by atoms with van der Waals surface area (Å²) < 4.78 is 105. The normalized spacial score (nSPS) is 14.5. The molecule has 1 saturated carbocycles. The predicted octanol–water partition coefficient (Wildman–Crippen LogP) is 4.77. The van der Waals surface area contributed by atoms with Crippen molar-refractivity contribution in [2.75, 3.05) is 32.7 Å². The van der Waals surface area contributed by atoms with Gasteiger partial charge in [-0.2, -0.15) is 39.5 Å². The highest BCUT2D eigenvalue weighted by molar-refractivity contribution is 7.16. The molecule has 3 rings (SSSR count). The van der Waals surface area contributed by atoms with Crippen molar-refractivity contribution in [1.82, 2.24) is 20.5 Å². The molecular formula is C27H33F9N4O5S. The zero-order valence-electron chi connectivity index (χ0n) is 24.3. The Morgan fingerprint density at radius 2 is 1.46 bits per heavy atom. The van der Waals surface area contributed by atoms with Gasteiger partial charge in [0.2, 0.25) is 5.91 Å². The number of aromatic hydroxyl groups is 1. The Labute approximate surface area is 260 Å². The summed E-state index contributed by atoms with van der Waals surface area (Å²) in [4.78, 5) is 48.1. The lowest BCUT2D eigenvalue weighted by atomic mass is 9.94. The van der Waals surface area contributed by atoms with Crippen LogP contribution in [0, 0.1) is 0 Å². The second kappa shape index (κ2) is 17.1. The van der Waals surface area contributed by atoms with Gasteiger partial charge in [0.25, 0.3) is 0 Å². The van der Waals surface area contributed by atoms with Crippen LogP contribution >= 0.6 is 11.3 Å². The first-order valence-electron chi connectivity index (χ1n) is 14.1. The number of carbonyl (C=O) groups is 3. The van der Waals surface area contributed by atoms with Gasteiger partial charge in [0.1, 0.15) is 11.3 Å². The number of thiazole rings is 1. The molecule has 0 saturated heterocycles. The minimum Gasteiger partial charge on any atom is -0.506 e. The fourth-order valence-electron chi connectivity index (χ4n) is 4.67. The van der Waals surface area contributed by atoms with Crippen molar-refractivity contribution in [3.8, 4) is 5.75 Å². The fourth-order valence-corrected chi connectivity index (χ4v) is 5.57. The highest BCUT2D eigenvalue weighted by Crippen LogP contribution is 2.28. The van der Waals surface area contributed by atoms with Crippen LogP contribution in [0.4, 0.5) is 39.5 Å². The van der Waals surface area contributed by atoms with E-state index >= 15 is 0 Å². The number of hydrogen-bond acceptors (Lipinski definition) is 8. The molecule has 0 unspecified atom stereocenters. The van der Waals surface area contributed by atoms with Gasteiger partial charge in [-0.15, -0.1) is 0 Å². The van der Waals surface area contributed by atoms with E-state index in [0.717, 1.165) is 47.3 Å². The molecule has 9 nitrogen and oxygen atoms in total. The Balaban J connectivity index is 0.000000521. The lowest BCUT2D eigenvalue weighted by Crippen LogP contribution is -2.45. The highest BCUT2D eigenvalue weighted by Gasteiger charge is 2.54. The van der Waals surface area contributed by atoms with Crippen molar-refractivity contribution in [2.24, 2.45) is 0 Å². The van der Waals surface area contributed by atoms with Gasteiger partial charge in [-0.3, -0.25) is 19.2 Å². The minimum absolute atomic E-state index is 0.0226. The fraction of sp³-hybridized carbons (Fsp3) is 0.630. The second-order valence-electron chi connectivity index (χ2n) is 10.4. The van der Waals surface area contributed by atoms with E-state index in [1.54, 1.807) is 6.07 Å². The van der Waals surface area contributed by atoms with E-state index in [1.807, 2.05) is 11.0 Å². The third-order valence-electron chi connectivity index (χ3n) is 6.90. The molecule has 1 aromatic carbocycles. The first-order valence-corrected chi connectivity index (χ1v) is 15.0. The van der Waals surface area contributed by atoms with Crippen molar-refractivity contribution >= 4 is 39.0 Å². The van der Waals surface area contributed by atoms with Gasteiger partial charge < -0.3 is 25.6 Å². The summed E-state index contributed by atoms with van der Waals surface area (Å²) in [7, 11) is 0. The summed E-state index contributed by atoms with van der Waals surface area (Å²) in [6.45, 7) is 1.87. The summed E-state index contributed by atoms with van der Waals surface area (Å²) in [6, 6.07) is 3.58. The van der Waals surface area contributed by atoms with Crippen LogP contribution in [0.1, 0.15) is 50.5 Å². The van der Waals surface area contributed by atoms with Crippen LogP contribution in [-0.2, 0) is 20.8 Å². The molecule has 0 bridgehead atoms.